The lowest BCUT2D eigenvalue weighted by atomic mass is 10.1. The molecule has 2 rings (SSSR count). The van der Waals surface area contributed by atoms with E-state index < -0.39 is 5.38 Å². The average Bonchev–Trinajstić information content (AvgIpc) is 2.44. The normalized spacial score (nSPS) is 13.1. The van der Waals surface area contributed by atoms with E-state index in [0.29, 0.717) is 20.6 Å². The van der Waals surface area contributed by atoms with E-state index in [1.807, 2.05) is 30.3 Å². The van der Waals surface area contributed by atoms with Crippen molar-refractivity contribution in [3.63, 3.8) is 0 Å². The Bertz CT molecular complexity index is 635. The Morgan fingerprint density at radius 2 is 1.57 bits per heavy atom. The summed E-state index contributed by atoms with van der Waals surface area (Å²) in [5.41, 5.74) is 4.06. The Morgan fingerprint density at radius 1 is 1.00 bits per heavy atom. The number of rotatable bonds is 4. The summed E-state index contributed by atoms with van der Waals surface area (Å²) >= 11 is 30.4. The maximum Gasteiger partial charge on any atom is 0.148 e. The van der Waals surface area contributed by atoms with E-state index in [1.54, 1.807) is 12.1 Å². The van der Waals surface area contributed by atoms with Crippen LogP contribution < -0.4 is 5.43 Å². The van der Waals surface area contributed by atoms with Crippen molar-refractivity contribution in [2.45, 2.75) is 5.38 Å². The standard InChI is InChI=1S/C14H9Cl5N2/c15-8-6-10(16)12(11(17)7-8)13(18)14(19)21-20-9-4-2-1-3-5-9/h1-7,13,20H/b21-14-. The summed E-state index contributed by atoms with van der Waals surface area (Å²) in [5.74, 6) is 0. The number of benzene rings is 2. The summed E-state index contributed by atoms with van der Waals surface area (Å²) < 4.78 is 0. The molecule has 0 radical (unpaired) electrons. The van der Waals surface area contributed by atoms with Crippen molar-refractivity contribution < 1.29 is 0 Å². The number of anilines is 1. The quantitative estimate of drug-likeness (QED) is 0.360. The minimum Gasteiger partial charge on any atom is -0.277 e. The molecule has 0 aliphatic rings. The topological polar surface area (TPSA) is 24.4 Å². The van der Waals surface area contributed by atoms with Gasteiger partial charge in [-0.1, -0.05) is 64.6 Å². The van der Waals surface area contributed by atoms with Gasteiger partial charge in [0.25, 0.3) is 0 Å². The van der Waals surface area contributed by atoms with E-state index in [1.165, 1.54) is 0 Å². The van der Waals surface area contributed by atoms with Crippen LogP contribution in [-0.2, 0) is 0 Å². The SMILES string of the molecule is Cl/C(=N\Nc1ccccc1)C(Cl)c1c(Cl)cc(Cl)cc1Cl. The first kappa shape index (κ1) is 16.7. The number of hydrogen-bond donors (Lipinski definition) is 1. The minimum atomic E-state index is -0.778. The molecular weight excluding hydrogens is 373 g/mol. The third-order valence-electron chi connectivity index (χ3n) is 2.57. The number of hydrazone groups is 1. The Hall–Kier alpha value is -0.640. The van der Waals surface area contributed by atoms with Crippen LogP contribution in [0.25, 0.3) is 0 Å². The van der Waals surface area contributed by atoms with Crippen LogP contribution in [0.1, 0.15) is 10.9 Å². The molecule has 0 aliphatic heterocycles. The van der Waals surface area contributed by atoms with Crippen LogP contribution in [0.3, 0.4) is 0 Å². The van der Waals surface area contributed by atoms with E-state index in [0.717, 1.165) is 5.69 Å². The summed E-state index contributed by atoms with van der Waals surface area (Å²) in [6.45, 7) is 0. The molecule has 0 spiro atoms. The highest BCUT2D eigenvalue weighted by molar-refractivity contribution is 6.71. The fourth-order valence-electron chi connectivity index (χ4n) is 1.60. The highest BCUT2D eigenvalue weighted by atomic mass is 35.5. The molecule has 1 unspecified atom stereocenters. The van der Waals surface area contributed by atoms with Gasteiger partial charge in [-0.3, -0.25) is 5.43 Å². The van der Waals surface area contributed by atoms with Crippen LogP contribution >= 0.6 is 58.0 Å². The average molecular weight is 383 g/mol. The van der Waals surface area contributed by atoms with E-state index in [2.05, 4.69) is 10.5 Å². The summed E-state index contributed by atoms with van der Waals surface area (Å²) in [5, 5.41) is 4.46. The molecule has 0 aromatic heterocycles. The van der Waals surface area contributed by atoms with E-state index in [-0.39, 0.29) is 5.17 Å². The number of nitrogens with one attached hydrogen (secondary N) is 1. The zero-order valence-electron chi connectivity index (χ0n) is 10.5. The number of alkyl halides is 1. The predicted molar refractivity (Wildman–Crippen MR) is 93.4 cm³/mol. The Labute approximate surface area is 147 Å². The first-order valence-corrected chi connectivity index (χ1v) is 7.76. The maximum atomic E-state index is 6.27. The van der Waals surface area contributed by atoms with Crippen molar-refractivity contribution in [1.29, 1.82) is 0 Å². The van der Waals surface area contributed by atoms with E-state index in [9.17, 15) is 0 Å². The molecule has 2 aromatic carbocycles. The van der Waals surface area contributed by atoms with Gasteiger partial charge in [-0.25, -0.2) is 0 Å². The van der Waals surface area contributed by atoms with Crippen LogP contribution in [-0.4, -0.2) is 5.17 Å². The van der Waals surface area contributed by atoms with Crippen LogP contribution in [0.15, 0.2) is 47.6 Å². The van der Waals surface area contributed by atoms with Gasteiger partial charge >= 0.3 is 0 Å². The molecule has 0 saturated carbocycles. The van der Waals surface area contributed by atoms with Crippen molar-refractivity contribution in [2.24, 2.45) is 5.10 Å². The second-order valence-corrected chi connectivity index (χ2v) is 6.13. The van der Waals surface area contributed by atoms with Gasteiger partial charge in [-0.05, 0) is 24.3 Å². The third kappa shape index (κ3) is 4.41. The highest BCUT2D eigenvalue weighted by Gasteiger charge is 2.21. The molecule has 7 heteroatoms. The van der Waals surface area contributed by atoms with Gasteiger partial charge in [0, 0.05) is 20.6 Å². The van der Waals surface area contributed by atoms with E-state index in [4.69, 9.17) is 58.0 Å². The van der Waals surface area contributed by atoms with Crippen molar-refractivity contribution in [2.75, 3.05) is 5.43 Å². The van der Waals surface area contributed by atoms with Gasteiger partial charge in [0.2, 0.25) is 0 Å². The van der Waals surface area contributed by atoms with Gasteiger partial charge in [0.1, 0.15) is 10.5 Å². The van der Waals surface area contributed by atoms with Crippen LogP contribution in [0.5, 0.6) is 0 Å². The number of halogens is 5. The largest absolute Gasteiger partial charge is 0.277 e. The molecule has 1 atom stereocenters. The Morgan fingerprint density at radius 3 is 2.14 bits per heavy atom. The van der Waals surface area contributed by atoms with Crippen molar-refractivity contribution in [3.8, 4) is 0 Å². The zero-order valence-corrected chi connectivity index (χ0v) is 14.2. The number of para-hydroxylation sites is 1. The molecule has 0 heterocycles. The summed E-state index contributed by atoms with van der Waals surface area (Å²) in [4.78, 5) is 0. The van der Waals surface area contributed by atoms with Gasteiger partial charge in [-0.2, -0.15) is 5.10 Å². The lowest BCUT2D eigenvalue weighted by Crippen LogP contribution is -2.04. The summed E-state index contributed by atoms with van der Waals surface area (Å²) in [6, 6.07) is 12.4. The molecule has 21 heavy (non-hydrogen) atoms. The third-order valence-corrected chi connectivity index (χ3v) is 4.25. The first-order valence-electron chi connectivity index (χ1n) is 5.81. The predicted octanol–water partition coefficient (Wildman–Crippen LogP) is 6.59. The molecule has 2 nitrogen and oxygen atoms in total. The molecule has 0 aliphatic carbocycles. The lowest BCUT2D eigenvalue weighted by Gasteiger charge is -2.13. The molecule has 0 amide bonds. The van der Waals surface area contributed by atoms with Crippen LogP contribution in [0.2, 0.25) is 15.1 Å². The van der Waals surface area contributed by atoms with Gasteiger partial charge in [0.05, 0.1) is 5.69 Å². The Kier molecular flexibility index (Phi) is 6.03. The molecule has 0 saturated heterocycles. The monoisotopic (exact) mass is 380 g/mol. The number of nitrogens with zero attached hydrogens (tertiary/aromatic N) is 1. The number of hydrogen-bond acceptors (Lipinski definition) is 2. The fourth-order valence-corrected chi connectivity index (χ4v) is 3.18. The van der Waals surface area contributed by atoms with Gasteiger partial charge in [-0.15, -0.1) is 11.6 Å². The molecule has 2 aromatic rings. The summed E-state index contributed by atoms with van der Waals surface area (Å²) in [6.07, 6.45) is 0. The first-order chi connectivity index (χ1) is 9.99. The second-order valence-electron chi connectivity index (χ2n) is 4.06. The minimum absolute atomic E-state index is 0.117. The van der Waals surface area contributed by atoms with E-state index >= 15 is 0 Å². The smallest absolute Gasteiger partial charge is 0.148 e. The van der Waals surface area contributed by atoms with Crippen molar-refractivity contribution in [1.82, 2.24) is 0 Å². The van der Waals surface area contributed by atoms with Gasteiger partial charge < -0.3 is 0 Å². The highest BCUT2D eigenvalue weighted by Crippen LogP contribution is 2.38. The second kappa shape index (κ2) is 7.57. The maximum absolute atomic E-state index is 6.27. The van der Waals surface area contributed by atoms with Crippen LogP contribution in [0.4, 0.5) is 5.69 Å². The molecular formula is C14H9Cl5N2. The van der Waals surface area contributed by atoms with Crippen LogP contribution in [0, 0.1) is 0 Å². The molecule has 0 fully saturated rings. The molecule has 110 valence electrons. The fraction of sp³-hybridized carbons (Fsp3) is 0.0714. The van der Waals surface area contributed by atoms with Crippen molar-refractivity contribution >= 4 is 68.9 Å². The Balaban J connectivity index is 2.21. The summed E-state index contributed by atoms with van der Waals surface area (Å²) in [7, 11) is 0. The molecule has 1 N–H and O–H groups in total. The lowest BCUT2D eigenvalue weighted by molar-refractivity contribution is 1.24. The zero-order chi connectivity index (χ0) is 15.4. The van der Waals surface area contributed by atoms with Crippen molar-refractivity contribution in [3.05, 3.63) is 63.1 Å². The van der Waals surface area contributed by atoms with Gasteiger partial charge in [0.15, 0.2) is 0 Å². The molecule has 0 bridgehead atoms.